The van der Waals surface area contributed by atoms with E-state index in [0.29, 0.717) is 0 Å². The van der Waals surface area contributed by atoms with E-state index in [-0.39, 0.29) is 0 Å². The highest BCUT2D eigenvalue weighted by Crippen LogP contribution is 2.10. The summed E-state index contributed by atoms with van der Waals surface area (Å²) in [6.45, 7) is 2.68. The van der Waals surface area contributed by atoms with Crippen molar-refractivity contribution in [3.8, 4) is 0 Å². The molecule has 0 bridgehead atoms. The van der Waals surface area contributed by atoms with Gasteiger partial charge in [-0.1, -0.05) is 23.4 Å². The van der Waals surface area contributed by atoms with E-state index in [1.54, 1.807) is 0 Å². The van der Waals surface area contributed by atoms with E-state index >= 15 is 0 Å². The summed E-state index contributed by atoms with van der Waals surface area (Å²) in [5, 5.41) is 11.6. The number of rotatable bonds is 4. The molecule has 0 saturated carbocycles. The predicted octanol–water partition coefficient (Wildman–Crippen LogP) is 2.36. The van der Waals surface area contributed by atoms with Crippen LogP contribution in [0.2, 0.25) is 0 Å². The van der Waals surface area contributed by atoms with Crippen molar-refractivity contribution in [1.82, 2.24) is 0 Å². The Balaban J connectivity index is 2.47. The molecule has 0 heterocycles. The molecule has 0 aromatic heterocycles. The summed E-state index contributed by atoms with van der Waals surface area (Å²) in [6.07, 6.45) is 0.780. The Hall–Kier alpha value is -1.51. The summed E-state index contributed by atoms with van der Waals surface area (Å²) in [6, 6.07) is 10.1. The zero-order valence-corrected chi connectivity index (χ0v) is 8.64. The van der Waals surface area contributed by atoms with Crippen molar-refractivity contribution in [2.24, 2.45) is 5.16 Å². The molecule has 1 aromatic carbocycles. The number of hydrogen-bond donors (Lipinski definition) is 1. The van der Waals surface area contributed by atoms with Crippen molar-refractivity contribution in [3.05, 3.63) is 30.3 Å². The second-order valence-electron chi connectivity index (χ2n) is 3.34. The van der Waals surface area contributed by atoms with Crippen molar-refractivity contribution >= 4 is 11.4 Å². The van der Waals surface area contributed by atoms with Gasteiger partial charge in [0.1, 0.15) is 0 Å². The van der Waals surface area contributed by atoms with Crippen LogP contribution in [0.25, 0.3) is 0 Å². The number of para-hydroxylation sites is 1. The van der Waals surface area contributed by atoms with E-state index in [1.165, 1.54) is 5.69 Å². The molecule has 76 valence electrons. The molecule has 0 radical (unpaired) electrons. The van der Waals surface area contributed by atoms with Gasteiger partial charge in [-0.15, -0.1) is 0 Å². The summed E-state index contributed by atoms with van der Waals surface area (Å²) >= 11 is 0. The van der Waals surface area contributed by atoms with Crippen molar-refractivity contribution in [2.75, 3.05) is 18.5 Å². The minimum absolute atomic E-state index is 0.757. The van der Waals surface area contributed by atoms with Gasteiger partial charge in [-0.3, -0.25) is 0 Å². The summed E-state index contributed by atoms with van der Waals surface area (Å²) in [7, 11) is 2.03. The molecular formula is C11H16N2O. The fourth-order valence-corrected chi connectivity index (χ4v) is 1.19. The average molecular weight is 192 g/mol. The van der Waals surface area contributed by atoms with Gasteiger partial charge in [-0.05, 0) is 19.1 Å². The lowest BCUT2D eigenvalue weighted by molar-refractivity contribution is 0.317. The second-order valence-corrected chi connectivity index (χ2v) is 3.34. The van der Waals surface area contributed by atoms with Crippen LogP contribution in [0.3, 0.4) is 0 Å². The van der Waals surface area contributed by atoms with Gasteiger partial charge in [-0.2, -0.15) is 0 Å². The molecule has 0 amide bonds. The molecule has 0 aliphatic heterocycles. The standard InChI is InChI=1S/C11H16N2O/c1-10(12-14)8-9-13(2)11-6-4-3-5-7-11/h3-7,14H,8-9H2,1-2H3. The maximum Gasteiger partial charge on any atom is 0.0557 e. The summed E-state index contributed by atoms with van der Waals surface area (Å²) < 4.78 is 0. The Labute approximate surface area is 84.7 Å². The Bertz CT molecular complexity index is 295. The highest BCUT2D eigenvalue weighted by Gasteiger charge is 2.00. The molecule has 0 atom stereocenters. The van der Waals surface area contributed by atoms with Crippen molar-refractivity contribution in [3.63, 3.8) is 0 Å². The molecule has 0 unspecified atom stereocenters. The van der Waals surface area contributed by atoms with Crippen LogP contribution in [0.1, 0.15) is 13.3 Å². The van der Waals surface area contributed by atoms with Gasteiger partial charge in [0.25, 0.3) is 0 Å². The van der Waals surface area contributed by atoms with E-state index in [1.807, 2.05) is 32.2 Å². The fraction of sp³-hybridized carbons (Fsp3) is 0.364. The third-order valence-corrected chi connectivity index (χ3v) is 2.18. The normalized spacial score (nSPS) is 11.4. The van der Waals surface area contributed by atoms with Crippen molar-refractivity contribution in [2.45, 2.75) is 13.3 Å². The number of nitrogens with zero attached hydrogens (tertiary/aromatic N) is 2. The van der Waals surface area contributed by atoms with Crippen LogP contribution in [0.4, 0.5) is 5.69 Å². The Morgan fingerprint density at radius 3 is 2.57 bits per heavy atom. The first-order valence-electron chi connectivity index (χ1n) is 4.67. The minimum atomic E-state index is 0.757. The van der Waals surface area contributed by atoms with Gasteiger partial charge < -0.3 is 10.1 Å². The lowest BCUT2D eigenvalue weighted by Crippen LogP contribution is -2.20. The van der Waals surface area contributed by atoms with Crippen molar-refractivity contribution in [1.29, 1.82) is 0 Å². The van der Waals surface area contributed by atoms with E-state index in [4.69, 9.17) is 5.21 Å². The topological polar surface area (TPSA) is 35.8 Å². The lowest BCUT2D eigenvalue weighted by Gasteiger charge is -2.18. The third-order valence-electron chi connectivity index (χ3n) is 2.18. The van der Waals surface area contributed by atoms with E-state index in [0.717, 1.165) is 18.7 Å². The molecule has 14 heavy (non-hydrogen) atoms. The quantitative estimate of drug-likeness (QED) is 0.451. The molecule has 0 saturated heterocycles. The molecule has 0 aliphatic carbocycles. The van der Waals surface area contributed by atoms with E-state index in [9.17, 15) is 0 Å². The maximum absolute atomic E-state index is 8.49. The van der Waals surface area contributed by atoms with Gasteiger partial charge in [-0.25, -0.2) is 0 Å². The van der Waals surface area contributed by atoms with Gasteiger partial charge in [0.05, 0.1) is 5.71 Å². The molecule has 1 aromatic rings. The van der Waals surface area contributed by atoms with Crippen LogP contribution < -0.4 is 4.90 Å². The lowest BCUT2D eigenvalue weighted by atomic mass is 10.2. The maximum atomic E-state index is 8.49. The second kappa shape index (κ2) is 5.27. The van der Waals surface area contributed by atoms with Crippen LogP contribution in [-0.2, 0) is 0 Å². The minimum Gasteiger partial charge on any atom is -0.411 e. The van der Waals surface area contributed by atoms with E-state index in [2.05, 4.69) is 22.2 Å². The van der Waals surface area contributed by atoms with E-state index < -0.39 is 0 Å². The van der Waals surface area contributed by atoms with Gasteiger partial charge >= 0.3 is 0 Å². The SMILES string of the molecule is CC(CCN(C)c1ccccc1)=NO. The summed E-state index contributed by atoms with van der Waals surface area (Å²) in [4.78, 5) is 2.13. The Morgan fingerprint density at radius 2 is 2.00 bits per heavy atom. The van der Waals surface area contributed by atoms with Crippen LogP contribution in [0, 0.1) is 0 Å². The molecule has 1 rings (SSSR count). The molecular weight excluding hydrogens is 176 g/mol. The first-order valence-corrected chi connectivity index (χ1v) is 4.67. The largest absolute Gasteiger partial charge is 0.411 e. The number of hydrogen-bond acceptors (Lipinski definition) is 3. The Morgan fingerprint density at radius 1 is 1.36 bits per heavy atom. The first-order chi connectivity index (χ1) is 6.74. The monoisotopic (exact) mass is 192 g/mol. The fourth-order valence-electron chi connectivity index (χ4n) is 1.19. The summed E-state index contributed by atoms with van der Waals surface area (Å²) in [5.74, 6) is 0. The van der Waals surface area contributed by atoms with Crippen LogP contribution in [0.5, 0.6) is 0 Å². The van der Waals surface area contributed by atoms with Gasteiger partial charge in [0.15, 0.2) is 0 Å². The molecule has 3 heteroatoms. The average Bonchev–Trinajstić information content (AvgIpc) is 2.26. The predicted molar refractivity (Wildman–Crippen MR) is 59.2 cm³/mol. The number of anilines is 1. The van der Waals surface area contributed by atoms with Crippen LogP contribution >= 0.6 is 0 Å². The number of oxime groups is 1. The van der Waals surface area contributed by atoms with Gasteiger partial charge in [0, 0.05) is 25.7 Å². The van der Waals surface area contributed by atoms with Crippen LogP contribution in [-0.4, -0.2) is 24.5 Å². The zero-order valence-electron chi connectivity index (χ0n) is 8.64. The molecule has 1 N–H and O–H groups in total. The molecule has 3 nitrogen and oxygen atoms in total. The highest BCUT2D eigenvalue weighted by atomic mass is 16.4. The summed E-state index contributed by atoms with van der Waals surface area (Å²) in [5.41, 5.74) is 1.94. The molecule has 0 fully saturated rings. The highest BCUT2D eigenvalue weighted by molar-refractivity contribution is 5.81. The first kappa shape index (κ1) is 10.6. The molecule has 0 aliphatic rings. The number of benzene rings is 1. The zero-order chi connectivity index (χ0) is 10.4. The van der Waals surface area contributed by atoms with Crippen molar-refractivity contribution < 1.29 is 5.21 Å². The smallest absolute Gasteiger partial charge is 0.0557 e. The Kier molecular flexibility index (Phi) is 3.98. The van der Waals surface area contributed by atoms with Crippen LogP contribution in [0.15, 0.2) is 35.5 Å². The third kappa shape index (κ3) is 3.09. The van der Waals surface area contributed by atoms with Gasteiger partial charge in [0.2, 0.25) is 0 Å². The molecule has 0 spiro atoms.